The van der Waals surface area contributed by atoms with Crippen molar-refractivity contribution in [2.75, 3.05) is 0 Å². The van der Waals surface area contributed by atoms with Gasteiger partial charge in [-0.1, -0.05) is 17.3 Å². The summed E-state index contributed by atoms with van der Waals surface area (Å²) in [5, 5.41) is 4.23. The molecule has 2 aliphatic heterocycles. The minimum Gasteiger partial charge on any atom is -0.297 e. The smallest absolute Gasteiger partial charge is 0.297 e. The van der Waals surface area contributed by atoms with Crippen LogP contribution in [0, 0.1) is 0 Å². The summed E-state index contributed by atoms with van der Waals surface area (Å²) in [6, 6.07) is 8.80. The first kappa shape index (κ1) is 15.5. The number of halogens is 1. The van der Waals surface area contributed by atoms with Gasteiger partial charge in [-0.2, -0.15) is 9.48 Å². The first-order valence-corrected chi connectivity index (χ1v) is 8.44. The van der Waals surface area contributed by atoms with E-state index in [0.717, 1.165) is 41.4 Å². The lowest BCUT2D eigenvalue weighted by Crippen LogP contribution is -2.47. The summed E-state index contributed by atoms with van der Waals surface area (Å²) in [6.07, 6.45) is 9.89. The predicted molar refractivity (Wildman–Crippen MR) is 98.3 cm³/mol. The van der Waals surface area contributed by atoms with Gasteiger partial charge in [0.2, 0.25) is 0 Å². The Morgan fingerprint density at radius 3 is 2.96 bits per heavy atom. The summed E-state index contributed by atoms with van der Waals surface area (Å²) in [4.78, 5) is 13.8. The number of nitrogens with zero attached hydrogens (tertiary/aromatic N) is 6. The number of rotatable bonds is 2. The van der Waals surface area contributed by atoms with Crippen molar-refractivity contribution >= 4 is 24.3 Å². The number of aromatic nitrogens is 4. The topological polar surface area (TPSA) is 69.1 Å². The van der Waals surface area contributed by atoms with Crippen molar-refractivity contribution in [2.24, 2.45) is 4.99 Å². The van der Waals surface area contributed by atoms with Crippen LogP contribution >= 0.6 is 12.4 Å². The zero-order chi connectivity index (χ0) is 16.4. The molecule has 7 nitrogen and oxygen atoms in total. The Balaban J connectivity index is 0.00000150. The molecule has 2 aromatic heterocycles. The molecule has 0 bridgehead atoms. The van der Waals surface area contributed by atoms with E-state index in [2.05, 4.69) is 31.8 Å². The Morgan fingerprint density at radius 2 is 2.08 bits per heavy atom. The maximum Gasteiger partial charge on any atom is 0.439 e. The summed E-state index contributed by atoms with van der Waals surface area (Å²) in [5.41, 5.74) is 3.20. The van der Waals surface area contributed by atoms with Crippen LogP contribution in [0.1, 0.15) is 35.8 Å². The minimum absolute atomic E-state index is 0. The summed E-state index contributed by atoms with van der Waals surface area (Å²) in [7, 11) is 0. The number of amidine groups is 1. The lowest BCUT2D eigenvalue weighted by molar-refractivity contribution is 0.340. The van der Waals surface area contributed by atoms with E-state index in [1.807, 2.05) is 37.1 Å². The van der Waals surface area contributed by atoms with E-state index in [9.17, 15) is 0 Å². The molecule has 1 saturated carbocycles. The zero-order valence-electron chi connectivity index (χ0n) is 13.8. The molecule has 1 unspecified atom stereocenters. The van der Waals surface area contributed by atoms with Gasteiger partial charge in [0.15, 0.2) is 5.82 Å². The van der Waals surface area contributed by atoms with Crippen LogP contribution in [-0.4, -0.2) is 25.5 Å². The molecule has 1 aliphatic carbocycles. The predicted octanol–water partition coefficient (Wildman–Crippen LogP) is 3.31. The molecular formula is C18H16ClN6O+. The fraction of sp³-hybridized carbons (Fsp3) is 0.222. The minimum atomic E-state index is 0. The molecule has 26 heavy (non-hydrogen) atoms. The van der Waals surface area contributed by atoms with E-state index in [4.69, 9.17) is 9.51 Å². The Morgan fingerprint density at radius 1 is 1.19 bits per heavy atom. The maximum atomic E-state index is 5.72. The monoisotopic (exact) mass is 367 g/mol. The Bertz CT molecular complexity index is 1060. The van der Waals surface area contributed by atoms with Gasteiger partial charge in [-0.3, -0.25) is 9.09 Å². The molecule has 0 N–H and O–H groups in total. The molecule has 1 atom stereocenters. The molecule has 8 heteroatoms. The van der Waals surface area contributed by atoms with Crippen molar-refractivity contribution < 1.29 is 4.52 Å². The first-order valence-electron chi connectivity index (χ1n) is 8.44. The summed E-state index contributed by atoms with van der Waals surface area (Å²) in [6.45, 7) is 0.635. The third-order valence-corrected chi connectivity index (χ3v) is 5.14. The number of quaternary nitrogens is 1. The van der Waals surface area contributed by atoms with Gasteiger partial charge in [-0.25, -0.2) is 4.98 Å². The lowest BCUT2D eigenvalue weighted by Gasteiger charge is -2.24. The average Bonchev–Trinajstić information content (AvgIpc) is 3.07. The van der Waals surface area contributed by atoms with E-state index in [-0.39, 0.29) is 12.4 Å². The molecular weight excluding hydrogens is 352 g/mol. The molecule has 0 saturated heterocycles. The van der Waals surface area contributed by atoms with Crippen molar-refractivity contribution in [1.82, 2.24) is 24.2 Å². The van der Waals surface area contributed by atoms with Gasteiger partial charge in [-0.15, -0.1) is 17.4 Å². The molecule has 1 fully saturated rings. The van der Waals surface area contributed by atoms with Crippen LogP contribution in [0.2, 0.25) is 0 Å². The summed E-state index contributed by atoms with van der Waals surface area (Å²) < 4.78 is 8.14. The van der Waals surface area contributed by atoms with Crippen molar-refractivity contribution in [2.45, 2.75) is 25.3 Å². The first-order chi connectivity index (χ1) is 12.4. The standard InChI is InChI=1S/C18H15N6O.ClH/c1-2-4-15-14(3-1)17-20-7-8-24(17,10-13-9-19-11-23(13)15)18-21-16(22-25-18)12-5-6-12;/h1-4,7-9,11-12H,5-6,10H2;1H/q+1;. The Kier molecular flexibility index (Phi) is 3.19. The van der Waals surface area contributed by atoms with E-state index in [1.54, 1.807) is 0 Å². The Hall–Kier alpha value is -2.77. The fourth-order valence-corrected chi connectivity index (χ4v) is 3.71. The molecule has 3 aliphatic rings. The number of para-hydroxylation sites is 1. The highest BCUT2D eigenvalue weighted by Gasteiger charge is 2.48. The van der Waals surface area contributed by atoms with E-state index in [0.29, 0.717) is 23.0 Å². The van der Waals surface area contributed by atoms with Gasteiger partial charge in [0.1, 0.15) is 12.7 Å². The third-order valence-electron chi connectivity index (χ3n) is 5.14. The average molecular weight is 368 g/mol. The van der Waals surface area contributed by atoms with Crippen molar-refractivity contribution in [3.8, 4) is 5.69 Å². The maximum absolute atomic E-state index is 5.72. The van der Waals surface area contributed by atoms with E-state index < -0.39 is 0 Å². The second-order valence-corrected chi connectivity index (χ2v) is 6.76. The molecule has 1 aromatic carbocycles. The number of benzene rings is 1. The number of hydrogen-bond acceptors (Lipinski definition) is 5. The van der Waals surface area contributed by atoms with Crippen LogP contribution in [0.15, 0.2) is 58.7 Å². The van der Waals surface area contributed by atoms with Crippen molar-refractivity contribution in [3.05, 3.63) is 66.3 Å². The largest absolute Gasteiger partial charge is 0.439 e. The van der Waals surface area contributed by atoms with E-state index in [1.165, 1.54) is 0 Å². The summed E-state index contributed by atoms with van der Waals surface area (Å²) in [5.74, 6) is 2.17. The second-order valence-electron chi connectivity index (χ2n) is 6.76. The second kappa shape index (κ2) is 5.36. The van der Waals surface area contributed by atoms with Gasteiger partial charge in [-0.05, 0) is 25.0 Å². The molecule has 130 valence electrons. The quantitative estimate of drug-likeness (QED) is 0.651. The molecule has 0 radical (unpaired) electrons. The van der Waals surface area contributed by atoms with E-state index >= 15 is 0 Å². The number of fused-ring (bicyclic) bond motifs is 5. The van der Waals surface area contributed by atoms with Crippen LogP contribution in [0.5, 0.6) is 0 Å². The number of hydrogen-bond donors (Lipinski definition) is 0. The van der Waals surface area contributed by atoms with Crippen LogP contribution in [0.4, 0.5) is 6.01 Å². The van der Waals surface area contributed by atoms with Gasteiger partial charge in [0.25, 0.3) is 5.84 Å². The van der Waals surface area contributed by atoms with Crippen molar-refractivity contribution in [1.29, 1.82) is 0 Å². The third kappa shape index (κ3) is 1.98. The highest BCUT2D eigenvalue weighted by atomic mass is 35.5. The molecule has 0 spiro atoms. The number of imidazole rings is 1. The molecule has 0 amide bonds. The highest BCUT2D eigenvalue weighted by Crippen LogP contribution is 2.41. The lowest BCUT2D eigenvalue weighted by atomic mass is 10.1. The van der Waals surface area contributed by atoms with Gasteiger partial charge in [0, 0.05) is 5.92 Å². The van der Waals surface area contributed by atoms with Crippen LogP contribution in [-0.2, 0) is 6.54 Å². The fourth-order valence-electron chi connectivity index (χ4n) is 3.71. The van der Waals surface area contributed by atoms with Gasteiger partial charge >= 0.3 is 6.01 Å². The van der Waals surface area contributed by atoms with Crippen molar-refractivity contribution in [3.63, 3.8) is 0 Å². The normalized spacial score (nSPS) is 22.7. The zero-order valence-corrected chi connectivity index (χ0v) is 14.6. The molecule has 4 heterocycles. The number of aliphatic imine (C=N–C) groups is 1. The Labute approximate surface area is 155 Å². The molecule has 3 aromatic rings. The van der Waals surface area contributed by atoms with Gasteiger partial charge in [0.05, 0.1) is 35.7 Å². The van der Waals surface area contributed by atoms with Gasteiger partial charge < -0.3 is 0 Å². The van der Waals surface area contributed by atoms with Crippen LogP contribution in [0.25, 0.3) is 5.69 Å². The highest BCUT2D eigenvalue weighted by molar-refractivity contribution is 6.10. The summed E-state index contributed by atoms with van der Waals surface area (Å²) >= 11 is 0. The van der Waals surface area contributed by atoms with Crippen LogP contribution in [0.3, 0.4) is 0 Å². The van der Waals surface area contributed by atoms with Crippen LogP contribution < -0.4 is 4.48 Å². The molecule has 6 rings (SSSR count). The SMILES string of the molecule is C1=C[N+]2(c3nc(C4CC4)no3)Cc3cncn3-c3ccccc3C2=N1.Cl.